The predicted octanol–water partition coefficient (Wildman–Crippen LogP) is 1.88. The van der Waals surface area contributed by atoms with Gasteiger partial charge >= 0.3 is 0 Å². The first-order chi connectivity index (χ1) is 6.04. The first-order valence-electron chi connectivity index (χ1n) is 3.77. The Bertz CT molecular complexity index is 306. The molecule has 2 atom stereocenters. The zero-order valence-electron chi connectivity index (χ0n) is 7.04. The summed E-state index contributed by atoms with van der Waals surface area (Å²) in [5, 5.41) is 9.64. The van der Waals surface area contributed by atoms with E-state index in [-0.39, 0.29) is 0 Å². The van der Waals surface area contributed by atoms with Crippen LogP contribution in [0.4, 0.5) is 0 Å². The van der Waals surface area contributed by atoms with E-state index in [0.29, 0.717) is 9.63 Å². The molecule has 1 heterocycles. The minimum absolute atomic E-state index is 0.355. The summed E-state index contributed by atoms with van der Waals surface area (Å²) in [6.07, 6.45) is 0.944. The van der Waals surface area contributed by atoms with Crippen molar-refractivity contribution in [1.29, 1.82) is 0 Å². The summed E-state index contributed by atoms with van der Waals surface area (Å²) in [6.45, 7) is 1.63. The molecule has 1 aromatic heterocycles. The molecule has 0 fully saturated rings. The molecule has 1 rings (SSSR count). The number of pyridine rings is 1. The van der Waals surface area contributed by atoms with Gasteiger partial charge < -0.3 is 10.8 Å². The molecule has 0 unspecified atom stereocenters. The third-order valence-electron chi connectivity index (χ3n) is 1.76. The molecule has 72 valence electrons. The summed E-state index contributed by atoms with van der Waals surface area (Å²) in [5.74, 6) is 0. The highest BCUT2D eigenvalue weighted by molar-refractivity contribution is 9.10. The van der Waals surface area contributed by atoms with Crippen LogP contribution in [0.3, 0.4) is 0 Å². The quantitative estimate of drug-likeness (QED) is 0.803. The van der Waals surface area contributed by atoms with E-state index in [4.69, 9.17) is 17.3 Å². The molecule has 0 saturated carbocycles. The zero-order valence-corrected chi connectivity index (χ0v) is 9.38. The van der Waals surface area contributed by atoms with Crippen molar-refractivity contribution in [3.63, 3.8) is 0 Å². The molecule has 1 aromatic rings. The van der Waals surface area contributed by atoms with E-state index >= 15 is 0 Å². The lowest BCUT2D eigenvalue weighted by Crippen LogP contribution is -2.23. The second-order valence-corrected chi connectivity index (χ2v) is 3.92. The van der Waals surface area contributed by atoms with Crippen molar-refractivity contribution in [1.82, 2.24) is 4.98 Å². The second-order valence-electron chi connectivity index (χ2n) is 2.77. The normalized spacial score (nSPS) is 15.5. The van der Waals surface area contributed by atoms with Crippen molar-refractivity contribution >= 4 is 27.5 Å². The SMILES string of the molecule is C[C@@H](O)[C@H](N)c1ccnc(Cl)c1Br. The van der Waals surface area contributed by atoms with Crippen molar-refractivity contribution in [3.05, 3.63) is 27.5 Å². The number of hydrogen-bond donors (Lipinski definition) is 2. The Kier molecular flexibility index (Phi) is 3.67. The molecule has 0 radical (unpaired) electrons. The molecule has 0 spiro atoms. The summed E-state index contributed by atoms with van der Waals surface area (Å²) in [5.41, 5.74) is 6.50. The first kappa shape index (κ1) is 10.9. The molecule has 0 bridgehead atoms. The number of nitrogens with zero attached hydrogens (tertiary/aromatic N) is 1. The van der Waals surface area contributed by atoms with Crippen LogP contribution in [0.5, 0.6) is 0 Å². The highest BCUT2D eigenvalue weighted by atomic mass is 79.9. The van der Waals surface area contributed by atoms with Gasteiger partial charge in [0.15, 0.2) is 0 Å². The molecule has 0 amide bonds. The predicted molar refractivity (Wildman–Crippen MR) is 55.6 cm³/mol. The van der Waals surface area contributed by atoms with Crippen LogP contribution < -0.4 is 5.73 Å². The average molecular weight is 266 g/mol. The second kappa shape index (κ2) is 4.37. The fourth-order valence-corrected chi connectivity index (χ4v) is 1.61. The molecule has 0 aliphatic carbocycles. The van der Waals surface area contributed by atoms with Gasteiger partial charge in [-0.2, -0.15) is 0 Å². The lowest BCUT2D eigenvalue weighted by atomic mass is 10.1. The van der Waals surface area contributed by atoms with Crippen LogP contribution >= 0.6 is 27.5 Å². The lowest BCUT2D eigenvalue weighted by molar-refractivity contribution is 0.164. The van der Waals surface area contributed by atoms with Gasteiger partial charge in [0.1, 0.15) is 5.15 Å². The van der Waals surface area contributed by atoms with E-state index in [0.717, 1.165) is 5.56 Å². The lowest BCUT2D eigenvalue weighted by Gasteiger charge is -2.16. The van der Waals surface area contributed by atoms with Crippen molar-refractivity contribution in [2.45, 2.75) is 19.1 Å². The Morgan fingerprint density at radius 3 is 2.85 bits per heavy atom. The van der Waals surface area contributed by atoms with Crippen LogP contribution in [0, 0.1) is 0 Å². The molecule has 0 aliphatic heterocycles. The Hall–Kier alpha value is -0.160. The third-order valence-corrected chi connectivity index (χ3v) is 3.10. The largest absolute Gasteiger partial charge is 0.391 e. The van der Waals surface area contributed by atoms with Crippen LogP contribution in [0.1, 0.15) is 18.5 Å². The van der Waals surface area contributed by atoms with Crippen LogP contribution in [-0.2, 0) is 0 Å². The maximum Gasteiger partial charge on any atom is 0.143 e. The summed E-state index contributed by atoms with van der Waals surface area (Å²) in [6, 6.07) is 1.28. The fourth-order valence-electron chi connectivity index (χ4n) is 0.949. The molecular formula is C8H10BrClN2O. The topological polar surface area (TPSA) is 59.1 Å². The van der Waals surface area contributed by atoms with Gasteiger partial charge in [0.2, 0.25) is 0 Å². The van der Waals surface area contributed by atoms with E-state index in [1.165, 1.54) is 0 Å². The van der Waals surface area contributed by atoms with Crippen LogP contribution in [-0.4, -0.2) is 16.2 Å². The highest BCUT2D eigenvalue weighted by Gasteiger charge is 2.16. The summed E-state index contributed by atoms with van der Waals surface area (Å²) < 4.78 is 0.644. The molecule has 3 nitrogen and oxygen atoms in total. The number of aromatic nitrogens is 1. The monoisotopic (exact) mass is 264 g/mol. The van der Waals surface area contributed by atoms with Crippen LogP contribution in [0.15, 0.2) is 16.7 Å². The van der Waals surface area contributed by atoms with E-state index in [1.54, 1.807) is 19.2 Å². The number of rotatable bonds is 2. The zero-order chi connectivity index (χ0) is 10.0. The number of aliphatic hydroxyl groups is 1. The van der Waals surface area contributed by atoms with E-state index in [1.807, 2.05) is 0 Å². The van der Waals surface area contributed by atoms with Crippen LogP contribution in [0.2, 0.25) is 5.15 Å². The maximum atomic E-state index is 9.28. The van der Waals surface area contributed by atoms with Gasteiger partial charge in [0.25, 0.3) is 0 Å². The Labute approximate surface area is 90.1 Å². The number of halogens is 2. The fraction of sp³-hybridized carbons (Fsp3) is 0.375. The molecule has 0 aromatic carbocycles. The molecule has 3 N–H and O–H groups in total. The Morgan fingerprint density at radius 1 is 1.69 bits per heavy atom. The minimum atomic E-state index is -0.616. The van der Waals surface area contributed by atoms with Gasteiger partial charge in [-0.05, 0) is 34.5 Å². The third kappa shape index (κ3) is 2.40. The number of aliphatic hydroxyl groups excluding tert-OH is 1. The Morgan fingerprint density at radius 2 is 2.31 bits per heavy atom. The molecular weight excluding hydrogens is 255 g/mol. The summed E-state index contributed by atoms with van der Waals surface area (Å²) in [7, 11) is 0. The molecule has 0 saturated heterocycles. The van der Waals surface area contributed by atoms with Gasteiger partial charge in [0.05, 0.1) is 16.6 Å². The van der Waals surface area contributed by atoms with Gasteiger partial charge in [-0.15, -0.1) is 0 Å². The van der Waals surface area contributed by atoms with Crippen LogP contribution in [0.25, 0.3) is 0 Å². The standard InChI is InChI=1S/C8H10BrClN2O/c1-4(13)7(11)5-2-3-12-8(10)6(5)9/h2-4,7,13H,11H2,1H3/t4-,7+/m1/s1. The van der Waals surface area contributed by atoms with E-state index < -0.39 is 12.1 Å². The van der Waals surface area contributed by atoms with E-state index in [9.17, 15) is 5.11 Å². The molecule has 5 heteroatoms. The van der Waals surface area contributed by atoms with Gasteiger partial charge in [-0.25, -0.2) is 4.98 Å². The molecule has 13 heavy (non-hydrogen) atoms. The summed E-state index contributed by atoms with van der Waals surface area (Å²) >= 11 is 9.03. The summed E-state index contributed by atoms with van der Waals surface area (Å²) in [4.78, 5) is 3.86. The minimum Gasteiger partial charge on any atom is -0.391 e. The smallest absolute Gasteiger partial charge is 0.143 e. The number of hydrogen-bond acceptors (Lipinski definition) is 3. The molecule has 0 aliphatic rings. The first-order valence-corrected chi connectivity index (χ1v) is 4.94. The number of nitrogens with two attached hydrogens (primary N) is 1. The van der Waals surface area contributed by atoms with Crippen molar-refractivity contribution < 1.29 is 5.11 Å². The van der Waals surface area contributed by atoms with Crippen molar-refractivity contribution in [3.8, 4) is 0 Å². The maximum absolute atomic E-state index is 9.28. The van der Waals surface area contributed by atoms with Crippen molar-refractivity contribution in [2.24, 2.45) is 5.73 Å². The van der Waals surface area contributed by atoms with Crippen molar-refractivity contribution in [2.75, 3.05) is 0 Å². The van der Waals surface area contributed by atoms with Gasteiger partial charge in [-0.1, -0.05) is 11.6 Å². The van der Waals surface area contributed by atoms with Gasteiger partial charge in [0, 0.05) is 6.20 Å². The van der Waals surface area contributed by atoms with E-state index in [2.05, 4.69) is 20.9 Å². The van der Waals surface area contributed by atoms with Gasteiger partial charge in [-0.3, -0.25) is 0 Å². The Balaban J connectivity index is 3.07. The average Bonchev–Trinajstić information content (AvgIpc) is 2.08. The highest BCUT2D eigenvalue weighted by Crippen LogP contribution is 2.28.